The molecule has 1 aromatic carbocycles. The Bertz CT molecular complexity index is 1030. The molecule has 1 aromatic heterocycles. The Morgan fingerprint density at radius 1 is 1.27 bits per heavy atom. The SMILES string of the molecule is COc1ccc2[nH]c3c(c2c1)CCC[C@@H]3NC(=O)CN1C(=O)CC2(CCCC2)C1=O. The van der Waals surface area contributed by atoms with Crippen molar-refractivity contribution in [3.8, 4) is 5.75 Å². The lowest BCUT2D eigenvalue weighted by Crippen LogP contribution is -2.43. The largest absolute Gasteiger partial charge is 0.497 e. The van der Waals surface area contributed by atoms with Gasteiger partial charge in [-0.15, -0.1) is 0 Å². The maximum Gasteiger partial charge on any atom is 0.240 e. The number of rotatable bonds is 4. The summed E-state index contributed by atoms with van der Waals surface area (Å²) in [5.41, 5.74) is 2.71. The number of carbonyl (C=O) groups excluding carboxylic acids is 3. The predicted molar refractivity (Wildman–Crippen MR) is 111 cm³/mol. The highest BCUT2D eigenvalue weighted by Crippen LogP contribution is 2.46. The van der Waals surface area contributed by atoms with Gasteiger partial charge >= 0.3 is 0 Å². The molecule has 2 aliphatic carbocycles. The zero-order valence-corrected chi connectivity index (χ0v) is 17.3. The first-order valence-corrected chi connectivity index (χ1v) is 10.8. The molecule has 3 aliphatic rings. The van der Waals surface area contributed by atoms with Crippen molar-refractivity contribution in [2.24, 2.45) is 5.41 Å². The smallest absolute Gasteiger partial charge is 0.240 e. The van der Waals surface area contributed by atoms with E-state index in [0.29, 0.717) is 0 Å². The number of likely N-dealkylation sites (tertiary alicyclic amines) is 1. The molecule has 2 fully saturated rings. The average molecular weight is 409 g/mol. The fourth-order valence-corrected chi connectivity index (χ4v) is 5.56. The highest BCUT2D eigenvalue weighted by Gasteiger charge is 2.52. The van der Waals surface area contributed by atoms with Crippen molar-refractivity contribution in [1.82, 2.24) is 15.2 Å². The maximum atomic E-state index is 12.9. The predicted octanol–water partition coefficient (Wildman–Crippen LogP) is 2.99. The van der Waals surface area contributed by atoms with Gasteiger partial charge in [0, 0.05) is 23.0 Å². The minimum Gasteiger partial charge on any atom is -0.497 e. The summed E-state index contributed by atoms with van der Waals surface area (Å²) in [4.78, 5) is 42.7. The number of hydrogen-bond donors (Lipinski definition) is 2. The van der Waals surface area contributed by atoms with Gasteiger partial charge in [0.25, 0.3) is 0 Å². The van der Waals surface area contributed by atoms with Crippen LogP contribution in [0.15, 0.2) is 18.2 Å². The topological polar surface area (TPSA) is 91.5 Å². The molecule has 2 N–H and O–H groups in total. The van der Waals surface area contributed by atoms with Crippen LogP contribution in [-0.2, 0) is 20.8 Å². The first-order valence-electron chi connectivity index (χ1n) is 10.8. The molecule has 3 amide bonds. The number of fused-ring (bicyclic) bond motifs is 3. The van der Waals surface area contributed by atoms with Gasteiger partial charge in [-0.1, -0.05) is 12.8 Å². The van der Waals surface area contributed by atoms with E-state index >= 15 is 0 Å². The number of hydrogen-bond acceptors (Lipinski definition) is 4. The minimum atomic E-state index is -0.536. The van der Waals surface area contributed by atoms with E-state index in [1.807, 2.05) is 18.2 Å². The normalized spacial score (nSPS) is 22.7. The Morgan fingerprint density at radius 3 is 2.83 bits per heavy atom. The molecule has 2 aromatic rings. The lowest BCUT2D eigenvalue weighted by molar-refractivity contribution is -0.145. The molecule has 0 bridgehead atoms. The minimum absolute atomic E-state index is 0.145. The van der Waals surface area contributed by atoms with Crippen LogP contribution in [0.3, 0.4) is 0 Å². The summed E-state index contributed by atoms with van der Waals surface area (Å²) in [6, 6.07) is 5.79. The van der Waals surface area contributed by atoms with Gasteiger partial charge in [0.05, 0.1) is 18.6 Å². The van der Waals surface area contributed by atoms with Crippen molar-refractivity contribution in [2.45, 2.75) is 57.4 Å². The number of imide groups is 1. The maximum absolute atomic E-state index is 12.9. The summed E-state index contributed by atoms with van der Waals surface area (Å²) in [6.07, 6.45) is 6.49. The Hall–Kier alpha value is -2.83. The highest BCUT2D eigenvalue weighted by molar-refractivity contribution is 6.08. The fraction of sp³-hybridized carbons (Fsp3) is 0.522. The average Bonchev–Trinajstić information content (AvgIpc) is 3.42. The Labute approximate surface area is 175 Å². The summed E-state index contributed by atoms with van der Waals surface area (Å²) in [5.74, 6) is 0.171. The number of methoxy groups -OCH3 is 1. The second-order valence-corrected chi connectivity index (χ2v) is 8.89. The summed E-state index contributed by atoms with van der Waals surface area (Å²) in [6.45, 7) is -0.181. The van der Waals surface area contributed by atoms with Gasteiger partial charge in [-0.25, -0.2) is 0 Å². The Kier molecular flexibility index (Phi) is 4.56. The summed E-state index contributed by atoms with van der Waals surface area (Å²) in [5, 5.41) is 4.19. The molecule has 158 valence electrons. The number of aromatic nitrogens is 1. The number of aromatic amines is 1. The van der Waals surface area contributed by atoms with Crippen LogP contribution < -0.4 is 10.1 Å². The molecule has 1 saturated carbocycles. The molecule has 1 atom stereocenters. The summed E-state index contributed by atoms with van der Waals surface area (Å²) >= 11 is 0. The summed E-state index contributed by atoms with van der Waals surface area (Å²) in [7, 11) is 1.65. The van der Waals surface area contributed by atoms with E-state index in [4.69, 9.17) is 4.74 Å². The first-order chi connectivity index (χ1) is 14.5. The van der Waals surface area contributed by atoms with Crippen molar-refractivity contribution in [3.05, 3.63) is 29.5 Å². The summed E-state index contributed by atoms with van der Waals surface area (Å²) < 4.78 is 5.36. The third kappa shape index (κ3) is 2.99. The van der Waals surface area contributed by atoms with Crippen molar-refractivity contribution >= 4 is 28.6 Å². The molecular weight excluding hydrogens is 382 g/mol. The number of aryl methyl sites for hydroxylation is 1. The van der Waals surface area contributed by atoms with E-state index in [1.54, 1.807) is 7.11 Å². The lowest BCUT2D eigenvalue weighted by Gasteiger charge is -2.25. The van der Waals surface area contributed by atoms with Crippen molar-refractivity contribution in [1.29, 1.82) is 0 Å². The number of nitrogens with one attached hydrogen (secondary N) is 2. The third-order valence-corrected chi connectivity index (χ3v) is 7.10. The number of amides is 3. The molecule has 1 spiro atoms. The lowest BCUT2D eigenvalue weighted by atomic mass is 9.84. The van der Waals surface area contributed by atoms with Crippen molar-refractivity contribution in [3.63, 3.8) is 0 Å². The van der Waals surface area contributed by atoms with Crippen LogP contribution in [0.4, 0.5) is 0 Å². The molecule has 0 unspecified atom stereocenters. The van der Waals surface area contributed by atoms with Crippen LogP contribution in [-0.4, -0.2) is 41.3 Å². The Morgan fingerprint density at radius 2 is 2.07 bits per heavy atom. The second kappa shape index (κ2) is 7.15. The van der Waals surface area contributed by atoms with E-state index in [0.717, 1.165) is 67.3 Å². The first kappa shape index (κ1) is 19.2. The molecule has 7 heteroatoms. The van der Waals surface area contributed by atoms with Gasteiger partial charge in [0.1, 0.15) is 12.3 Å². The molecule has 1 saturated heterocycles. The van der Waals surface area contributed by atoms with Crippen molar-refractivity contribution in [2.75, 3.05) is 13.7 Å². The molecule has 2 heterocycles. The van der Waals surface area contributed by atoms with Crippen LogP contribution in [0, 0.1) is 5.41 Å². The van der Waals surface area contributed by atoms with Gasteiger partial charge < -0.3 is 15.0 Å². The van der Waals surface area contributed by atoms with Crippen molar-refractivity contribution < 1.29 is 19.1 Å². The number of nitrogens with zero attached hydrogens (tertiary/aromatic N) is 1. The van der Waals surface area contributed by atoms with Gasteiger partial charge in [-0.2, -0.15) is 0 Å². The van der Waals surface area contributed by atoms with Crippen LogP contribution in [0.2, 0.25) is 0 Å². The molecule has 5 rings (SSSR count). The van der Waals surface area contributed by atoms with E-state index in [2.05, 4.69) is 10.3 Å². The highest BCUT2D eigenvalue weighted by atomic mass is 16.5. The third-order valence-electron chi connectivity index (χ3n) is 7.10. The number of ether oxygens (including phenoxy) is 1. The zero-order chi connectivity index (χ0) is 20.9. The monoisotopic (exact) mass is 409 g/mol. The zero-order valence-electron chi connectivity index (χ0n) is 17.3. The fourth-order valence-electron chi connectivity index (χ4n) is 5.56. The molecule has 0 radical (unpaired) electrons. The molecule has 1 aliphatic heterocycles. The van der Waals surface area contributed by atoms with Crippen LogP contribution in [0.25, 0.3) is 10.9 Å². The second-order valence-electron chi connectivity index (χ2n) is 8.89. The van der Waals surface area contributed by atoms with E-state index in [1.165, 1.54) is 10.5 Å². The Balaban J connectivity index is 1.33. The standard InChI is InChI=1S/C23H27N3O4/c1-30-14-7-8-17-16(11-14)15-5-4-6-18(21(15)25-17)24-19(27)13-26-20(28)12-23(22(26)29)9-2-3-10-23/h7-8,11,18,25H,2-6,9-10,12-13H2,1H3,(H,24,27)/t18-/m0/s1. The quantitative estimate of drug-likeness (QED) is 0.760. The number of H-pyrrole nitrogens is 1. The van der Waals surface area contributed by atoms with E-state index < -0.39 is 5.41 Å². The number of benzene rings is 1. The molecule has 7 nitrogen and oxygen atoms in total. The number of carbonyl (C=O) groups is 3. The van der Waals surface area contributed by atoms with Gasteiger partial charge in [-0.3, -0.25) is 19.3 Å². The van der Waals surface area contributed by atoms with E-state index in [-0.39, 0.29) is 36.7 Å². The van der Waals surface area contributed by atoms with Gasteiger partial charge in [0.15, 0.2) is 0 Å². The molecular formula is C23H27N3O4. The van der Waals surface area contributed by atoms with Crippen LogP contribution >= 0.6 is 0 Å². The van der Waals surface area contributed by atoms with Crippen LogP contribution in [0.1, 0.15) is 62.2 Å². The van der Waals surface area contributed by atoms with Gasteiger partial charge in [0.2, 0.25) is 17.7 Å². The molecule has 30 heavy (non-hydrogen) atoms. The van der Waals surface area contributed by atoms with E-state index in [9.17, 15) is 14.4 Å². The van der Waals surface area contributed by atoms with Gasteiger partial charge in [-0.05, 0) is 55.9 Å². The van der Waals surface area contributed by atoms with Crippen LogP contribution in [0.5, 0.6) is 5.75 Å².